The minimum Gasteiger partial charge on any atom is -0.322 e. The van der Waals surface area contributed by atoms with Gasteiger partial charge in [0.2, 0.25) is 0 Å². The van der Waals surface area contributed by atoms with Crippen molar-refractivity contribution in [2.75, 3.05) is 33.2 Å². The summed E-state index contributed by atoms with van der Waals surface area (Å²) in [5.41, 5.74) is 3.12. The summed E-state index contributed by atoms with van der Waals surface area (Å²) in [5, 5.41) is 0. The summed E-state index contributed by atoms with van der Waals surface area (Å²) in [5.74, 6) is 0. The summed E-state index contributed by atoms with van der Waals surface area (Å²) < 4.78 is 1.24. The van der Waals surface area contributed by atoms with Gasteiger partial charge in [-0.05, 0) is 57.2 Å². The molecule has 0 unspecified atom stereocenters. The molecule has 0 aliphatic rings. The van der Waals surface area contributed by atoms with Crippen LogP contribution in [0.25, 0.3) is 0 Å². The van der Waals surface area contributed by atoms with E-state index in [-0.39, 0.29) is 0 Å². The normalized spacial score (nSPS) is 12.0. The largest absolute Gasteiger partial charge is 0.322 e. The lowest BCUT2D eigenvalue weighted by molar-refractivity contribution is -0.923. The highest BCUT2D eigenvalue weighted by Gasteiger charge is 2.22. The van der Waals surface area contributed by atoms with Crippen LogP contribution in [0.2, 0.25) is 0 Å². The second-order valence-electron chi connectivity index (χ2n) is 28.5. The van der Waals surface area contributed by atoms with Gasteiger partial charge >= 0.3 is 0 Å². The van der Waals surface area contributed by atoms with Gasteiger partial charge in [0.25, 0.3) is 0 Å². The maximum Gasteiger partial charge on any atom is 0.104 e. The highest BCUT2D eigenvalue weighted by atomic mass is 15.3. The zero-order chi connectivity index (χ0) is 59.6. The first-order chi connectivity index (χ1) is 41.1. The van der Waals surface area contributed by atoms with Gasteiger partial charge in [-0.3, -0.25) is 4.90 Å². The van der Waals surface area contributed by atoms with E-state index in [1.54, 1.807) is 11.1 Å². The molecule has 1 aromatic rings. The summed E-state index contributed by atoms with van der Waals surface area (Å²) in [4.78, 5) is 2.86. The third-order valence-corrected chi connectivity index (χ3v) is 19.8. The van der Waals surface area contributed by atoms with Gasteiger partial charge in [0, 0.05) is 12.1 Å². The van der Waals surface area contributed by atoms with Gasteiger partial charge in [0.15, 0.2) is 0 Å². The van der Waals surface area contributed by atoms with Crippen molar-refractivity contribution in [3.8, 4) is 0 Å². The molecule has 0 aliphatic carbocycles. The number of unbranched alkanes of at least 4 members (excludes halogenated alkanes) is 60. The Kier molecular flexibility index (Phi) is 64.8. The highest BCUT2D eigenvalue weighted by molar-refractivity contribution is 5.22. The molecule has 0 heterocycles. The van der Waals surface area contributed by atoms with Crippen molar-refractivity contribution >= 4 is 0 Å². The first-order valence-electron chi connectivity index (χ1n) is 39.7. The average Bonchev–Trinajstić information content (AvgIpc) is 3.58. The van der Waals surface area contributed by atoms with E-state index in [1.165, 1.54) is 448 Å². The highest BCUT2D eigenvalue weighted by Crippen LogP contribution is 2.23. The van der Waals surface area contributed by atoms with Gasteiger partial charge in [0.1, 0.15) is 6.54 Å². The van der Waals surface area contributed by atoms with E-state index in [0.29, 0.717) is 0 Å². The Bertz CT molecular complexity index is 1250. The third-order valence-electron chi connectivity index (χ3n) is 19.8. The Balaban J connectivity index is 2.66. The van der Waals surface area contributed by atoms with Gasteiger partial charge in [-0.25, -0.2) is 0 Å². The molecule has 0 saturated heterocycles. The van der Waals surface area contributed by atoms with Gasteiger partial charge in [-0.1, -0.05) is 424 Å². The van der Waals surface area contributed by atoms with Crippen molar-refractivity contribution in [2.24, 2.45) is 0 Å². The molecule has 0 amide bonds. The molecular formula is C81H159N2+. The Morgan fingerprint density at radius 3 is 0.590 bits per heavy atom. The standard InChI is InChI=1S/C81H159N2/c1-6-10-14-18-22-26-30-34-38-42-46-50-54-58-62-66-74-82(75-67-63-59-55-51-47-43-39-35-31-27-23-19-15-11-7-2)78-80-70-72-81(73-71-80)79-83(5,76-68-64-60-56-52-48-44-40-36-32-28-24-20-16-12-8-3)77-69-65-61-57-53-49-45-41-37-33-29-25-21-17-13-9-4/h70-73H,6-69,74-79H2,1-5H3/q+1. The third kappa shape index (κ3) is 59.9. The quantitative estimate of drug-likeness (QED) is 0.0464. The van der Waals surface area contributed by atoms with Crippen molar-refractivity contribution in [2.45, 2.75) is 452 Å². The van der Waals surface area contributed by atoms with Gasteiger partial charge in [0.05, 0.1) is 20.1 Å². The van der Waals surface area contributed by atoms with Crippen LogP contribution in [0.4, 0.5) is 0 Å². The van der Waals surface area contributed by atoms with Crippen molar-refractivity contribution < 1.29 is 4.48 Å². The maximum atomic E-state index is 2.86. The minimum atomic E-state index is 1.14. The molecular weight excluding hydrogens is 1000 g/mol. The number of rotatable bonds is 72. The molecule has 0 atom stereocenters. The summed E-state index contributed by atoms with van der Waals surface area (Å²) in [6.07, 6.45) is 92.9. The summed E-state index contributed by atoms with van der Waals surface area (Å²) in [6.45, 7) is 16.9. The second-order valence-corrected chi connectivity index (χ2v) is 28.5. The lowest BCUT2D eigenvalue weighted by Gasteiger charge is -2.35. The van der Waals surface area contributed by atoms with E-state index in [2.05, 4.69) is 63.9 Å². The first-order valence-corrected chi connectivity index (χ1v) is 39.7. The number of hydrogen-bond donors (Lipinski definition) is 0. The van der Waals surface area contributed by atoms with Crippen LogP contribution in [0.1, 0.15) is 450 Å². The molecule has 1 aromatic carbocycles. The second kappa shape index (κ2) is 67.1. The van der Waals surface area contributed by atoms with Crippen LogP contribution < -0.4 is 0 Å². The molecule has 2 heteroatoms. The average molecular weight is 1160 g/mol. The van der Waals surface area contributed by atoms with Gasteiger partial charge in [-0.2, -0.15) is 0 Å². The van der Waals surface area contributed by atoms with E-state index >= 15 is 0 Å². The van der Waals surface area contributed by atoms with E-state index in [4.69, 9.17) is 0 Å². The van der Waals surface area contributed by atoms with E-state index in [9.17, 15) is 0 Å². The number of hydrogen-bond acceptors (Lipinski definition) is 1. The molecule has 0 aliphatic heterocycles. The summed E-state index contributed by atoms with van der Waals surface area (Å²) in [7, 11) is 2.63. The molecule has 0 saturated carbocycles. The molecule has 0 radical (unpaired) electrons. The lowest BCUT2D eigenvalue weighted by atomic mass is 10.0. The Labute approximate surface area is 527 Å². The Morgan fingerprint density at radius 1 is 0.217 bits per heavy atom. The predicted molar refractivity (Wildman–Crippen MR) is 380 cm³/mol. The van der Waals surface area contributed by atoms with Crippen molar-refractivity contribution in [3.05, 3.63) is 35.4 Å². The maximum absolute atomic E-state index is 2.86. The Morgan fingerprint density at radius 2 is 0.386 bits per heavy atom. The molecule has 0 N–H and O–H groups in total. The monoisotopic (exact) mass is 1160 g/mol. The molecule has 0 bridgehead atoms. The summed E-state index contributed by atoms with van der Waals surface area (Å²) >= 11 is 0. The Hall–Kier alpha value is -0.860. The topological polar surface area (TPSA) is 3.24 Å². The fourth-order valence-electron chi connectivity index (χ4n) is 13.8. The van der Waals surface area contributed by atoms with Crippen LogP contribution in [0.15, 0.2) is 24.3 Å². The summed E-state index contributed by atoms with van der Waals surface area (Å²) in [6, 6.07) is 10.2. The van der Waals surface area contributed by atoms with Crippen molar-refractivity contribution in [3.63, 3.8) is 0 Å². The van der Waals surface area contributed by atoms with E-state index in [0.717, 1.165) is 6.54 Å². The molecule has 0 spiro atoms. The molecule has 0 aromatic heterocycles. The fourth-order valence-corrected chi connectivity index (χ4v) is 13.8. The SMILES string of the molecule is CCCCCCCCCCCCCCCCCCN(CCCCCCCCCCCCCCCCCC)Cc1ccc(C[N+](C)(CCCCCCCCCCCCCCCCCC)CCCCCCCCCCCCCCCCCC)cc1. The molecule has 2 nitrogen and oxygen atoms in total. The van der Waals surface area contributed by atoms with Crippen molar-refractivity contribution in [1.82, 2.24) is 4.90 Å². The van der Waals surface area contributed by atoms with Crippen LogP contribution in [0.3, 0.4) is 0 Å². The smallest absolute Gasteiger partial charge is 0.104 e. The zero-order valence-corrected chi connectivity index (χ0v) is 58.7. The van der Waals surface area contributed by atoms with Crippen LogP contribution in [-0.2, 0) is 13.1 Å². The van der Waals surface area contributed by atoms with Crippen LogP contribution >= 0.6 is 0 Å². The zero-order valence-electron chi connectivity index (χ0n) is 58.7. The van der Waals surface area contributed by atoms with E-state index in [1.807, 2.05) is 0 Å². The predicted octanol–water partition coefficient (Wildman–Crippen LogP) is 28.5. The van der Waals surface area contributed by atoms with E-state index < -0.39 is 0 Å². The van der Waals surface area contributed by atoms with Crippen molar-refractivity contribution in [1.29, 1.82) is 0 Å². The fraction of sp³-hybridized carbons (Fsp3) is 0.926. The van der Waals surface area contributed by atoms with Gasteiger partial charge < -0.3 is 4.48 Å². The lowest BCUT2D eigenvalue weighted by Crippen LogP contribution is -2.44. The molecule has 1 rings (SSSR count). The molecule has 492 valence electrons. The van der Waals surface area contributed by atoms with Crippen LogP contribution in [0.5, 0.6) is 0 Å². The number of benzene rings is 1. The first kappa shape index (κ1) is 80.2. The number of nitrogens with zero attached hydrogens (tertiary/aromatic N) is 2. The van der Waals surface area contributed by atoms with Crippen LogP contribution in [-0.4, -0.2) is 42.6 Å². The minimum absolute atomic E-state index is 1.14. The van der Waals surface area contributed by atoms with Gasteiger partial charge in [-0.15, -0.1) is 0 Å². The number of quaternary nitrogens is 1. The van der Waals surface area contributed by atoms with Crippen LogP contribution in [0, 0.1) is 0 Å². The molecule has 83 heavy (non-hydrogen) atoms. The molecule has 0 fully saturated rings.